The number of H-pyrrole nitrogens is 1. The fourth-order valence-corrected chi connectivity index (χ4v) is 4.70. The molecule has 5 rings (SSSR count). The van der Waals surface area contributed by atoms with Crippen LogP contribution in [-0.2, 0) is 6.54 Å². The van der Waals surface area contributed by atoms with Crippen molar-refractivity contribution < 1.29 is 4.39 Å². The molecule has 33 heavy (non-hydrogen) atoms. The first kappa shape index (κ1) is 21.2. The normalized spacial score (nSPS) is 14.7. The lowest BCUT2D eigenvalue weighted by atomic mass is 10.0. The highest BCUT2D eigenvalue weighted by molar-refractivity contribution is 5.79. The van der Waals surface area contributed by atoms with E-state index in [9.17, 15) is 9.18 Å². The van der Waals surface area contributed by atoms with Crippen molar-refractivity contribution in [2.24, 2.45) is 0 Å². The lowest BCUT2D eigenvalue weighted by Gasteiger charge is -2.38. The van der Waals surface area contributed by atoms with Gasteiger partial charge < -0.3 is 14.4 Å². The van der Waals surface area contributed by atoms with Crippen LogP contribution in [0.25, 0.3) is 11.0 Å². The minimum Gasteiger partial charge on any atom is -0.342 e. The maximum absolute atomic E-state index is 13.4. The Labute approximate surface area is 191 Å². The van der Waals surface area contributed by atoms with E-state index in [2.05, 4.69) is 37.3 Å². The van der Waals surface area contributed by atoms with E-state index in [1.54, 1.807) is 6.20 Å². The van der Waals surface area contributed by atoms with Crippen LogP contribution in [0.2, 0.25) is 0 Å². The largest absolute Gasteiger partial charge is 0.342 e. The van der Waals surface area contributed by atoms with Crippen molar-refractivity contribution in [2.75, 3.05) is 29.4 Å². The van der Waals surface area contributed by atoms with Crippen molar-refractivity contribution >= 4 is 22.9 Å². The highest BCUT2D eigenvalue weighted by atomic mass is 19.1. The van der Waals surface area contributed by atoms with Gasteiger partial charge in [0, 0.05) is 37.9 Å². The lowest BCUT2D eigenvalue weighted by Crippen LogP contribution is -2.46. The quantitative estimate of drug-likeness (QED) is 0.488. The van der Waals surface area contributed by atoms with Crippen molar-refractivity contribution in [3.63, 3.8) is 0 Å². The number of halogens is 1. The molecular weight excluding hydrogens is 419 g/mol. The van der Waals surface area contributed by atoms with E-state index in [0.29, 0.717) is 18.5 Å². The molecule has 1 saturated heterocycles. The molecule has 0 spiro atoms. The molecule has 0 bridgehead atoms. The summed E-state index contributed by atoms with van der Waals surface area (Å²) in [6.07, 6.45) is 3.43. The maximum atomic E-state index is 13.4. The van der Waals surface area contributed by atoms with Crippen LogP contribution in [0.1, 0.15) is 25.3 Å². The Morgan fingerprint density at radius 2 is 1.85 bits per heavy atom. The fraction of sp³-hybridized carbons (Fsp3) is 0.320. The van der Waals surface area contributed by atoms with Crippen molar-refractivity contribution in [1.82, 2.24) is 19.5 Å². The third-order valence-electron chi connectivity index (χ3n) is 6.35. The zero-order valence-corrected chi connectivity index (χ0v) is 18.6. The minimum atomic E-state index is -0.230. The number of anilines is 2. The summed E-state index contributed by atoms with van der Waals surface area (Å²) in [5.74, 6) is 1.34. The maximum Gasteiger partial charge on any atom is 0.252 e. The van der Waals surface area contributed by atoms with E-state index >= 15 is 0 Å². The molecule has 0 amide bonds. The highest BCUT2D eigenvalue weighted by Crippen LogP contribution is 2.28. The Morgan fingerprint density at radius 1 is 1.09 bits per heavy atom. The van der Waals surface area contributed by atoms with E-state index in [1.165, 1.54) is 18.2 Å². The summed E-state index contributed by atoms with van der Waals surface area (Å²) in [6, 6.07) is 16.5. The van der Waals surface area contributed by atoms with Crippen LogP contribution in [0.5, 0.6) is 0 Å². The number of aromatic amines is 1. The Kier molecular flexibility index (Phi) is 5.81. The first-order valence-electron chi connectivity index (χ1n) is 11.4. The molecule has 0 radical (unpaired) electrons. The number of piperidine rings is 1. The van der Waals surface area contributed by atoms with Crippen molar-refractivity contribution in [3.05, 3.63) is 82.5 Å². The number of para-hydroxylation sites is 2. The highest BCUT2D eigenvalue weighted by Gasteiger charge is 2.28. The molecule has 170 valence electrons. The summed E-state index contributed by atoms with van der Waals surface area (Å²) in [7, 11) is 0. The molecule has 7 nitrogen and oxygen atoms in total. The third kappa shape index (κ3) is 4.33. The molecule has 3 heterocycles. The first-order valence-corrected chi connectivity index (χ1v) is 11.4. The summed E-state index contributed by atoms with van der Waals surface area (Å²) in [6.45, 7) is 5.20. The molecule has 2 aromatic carbocycles. The van der Waals surface area contributed by atoms with Crippen molar-refractivity contribution in [3.8, 4) is 0 Å². The smallest absolute Gasteiger partial charge is 0.252 e. The topological polar surface area (TPSA) is 70.1 Å². The number of benzene rings is 2. The Bertz CT molecular complexity index is 1290. The van der Waals surface area contributed by atoms with E-state index in [-0.39, 0.29) is 11.4 Å². The number of fused-ring (bicyclic) bond motifs is 1. The molecule has 1 aliphatic rings. The zero-order valence-electron chi connectivity index (χ0n) is 18.6. The number of nitrogens with one attached hydrogen (secondary N) is 1. The second-order valence-electron chi connectivity index (χ2n) is 8.38. The SMILES string of the molecule is CCN(c1nccc(=O)[nH]1)C1CCN(c2nc3ccccc3n2Cc2ccc(F)cc2)CC1. The van der Waals surface area contributed by atoms with Crippen LogP contribution in [0.3, 0.4) is 0 Å². The van der Waals surface area contributed by atoms with E-state index in [4.69, 9.17) is 4.98 Å². The lowest BCUT2D eigenvalue weighted by molar-refractivity contribution is 0.457. The predicted octanol–water partition coefficient (Wildman–Crippen LogP) is 3.80. The molecule has 1 fully saturated rings. The number of hydrogen-bond acceptors (Lipinski definition) is 5. The van der Waals surface area contributed by atoms with Crippen LogP contribution in [0, 0.1) is 5.82 Å². The molecule has 2 aromatic heterocycles. The second kappa shape index (κ2) is 9.05. The third-order valence-corrected chi connectivity index (χ3v) is 6.35. The number of nitrogens with zero attached hydrogens (tertiary/aromatic N) is 5. The van der Waals surface area contributed by atoms with Gasteiger partial charge in [0.25, 0.3) is 5.56 Å². The van der Waals surface area contributed by atoms with Crippen molar-refractivity contribution in [1.29, 1.82) is 0 Å². The minimum absolute atomic E-state index is 0.134. The molecular formula is C25H27FN6O. The fourth-order valence-electron chi connectivity index (χ4n) is 4.70. The zero-order chi connectivity index (χ0) is 22.8. The molecule has 1 aliphatic heterocycles. The Morgan fingerprint density at radius 3 is 2.58 bits per heavy atom. The Balaban J connectivity index is 1.39. The monoisotopic (exact) mass is 446 g/mol. The average molecular weight is 447 g/mol. The summed E-state index contributed by atoms with van der Waals surface area (Å²) >= 11 is 0. The first-order chi connectivity index (χ1) is 16.1. The summed E-state index contributed by atoms with van der Waals surface area (Å²) < 4.78 is 15.6. The molecule has 0 atom stereocenters. The van der Waals surface area contributed by atoms with Crippen LogP contribution >= 0.6 is 0 Å². The van der Waals surface area contributed by atoms with Gasteiger partial charge in [0.05, 0.1) is 17.6 Å². The standard InChI is InChI=1S/C25H27FN6O/c1-2-31(24-27-14-11-23(33)29-24)20-12-15-30(16-13-20)25-28-21-5-3-4-6-22(21)32(25)17-18-7-9-19(26)10-8-18/h3-11,14,20H,2,12-13,15-17H2,1H3,(H,27,29,33). The van der Waals surface area contributed by atoms with Crippen LogP contribution < -0.4 is 15.4 Å². The van der Waals surface area contributed by atoms with Gasteiger partial charge in [-0.2, -0.15) is 0 Å². The van der Waals surface area contributed by atoms with Crippen LogP contribution in [0.4, 0.5) is 16.3 Å². The summed E-state index contributed by atoms with van der Waals surface area (Å²) in [5, 5.41) is 0. The number of imidazole rings is 1. The van der Waals surface area contributed by atoms with Crippen molar-refractivity contribution in [2.45, 2.75) is 32.4 Å². The summed E-state index contributed by atoms with van der Waals surface area (Å²) in [5.41, 5.74) is 2.93. The van der Waals surface area contributed by atoms with Gasteiger partial charge in [0.1, 0.15) is 5.82 Å². The molecule has 4 aromatic rings. The van der Waals surface area contributed by atoms with Gasteiger partial charge in [-0.25, -0.2) is 14.4 Å². The van der Waals surface area contributed by atoms with E-state index in [0.717, 1.165) is 55.0 Å². The van der Waals surface area contributed by atoms with E-state index in [1.807, 2.05) is 30.3 Å². The van der Waals surface area contributed by atoms with Crippen LogP contribution in [-0.4, -0.2) is 45.2 Å². The average Bonchev–Trinajstić information content (AvgIpc) is 3.20. The van der Waals surface area contributed by atoms with Gasteiger partial charge in [-0.1, -0.05) is 24.3 Å². The van der Waals surface area contributed by atoms with Gasteiger partial charge >= 0.3 is 0 Å². The molecule has 0 saturated carbocycles. The molecule has 0 unspecified atom stereocenters. The second-order valence-corrected chi connectivity index (χ2v) is 8.38. The number of hydrogen-bond donors (Lipinski definition) is 1. The predicted molar refractivity (Wildman–Crippen MR) is 128 cm³/mol. The van der Waals surface area contributed by atoms with E-state index < -0.39 is 0 Å². The van der Waals surface area contributed by atoms with Gasteiger partial charge in [-0.05, 0) is 49.6 Å². The van der Waals surface area contributed by atoms with Crippen LogP contribution in [0.15, 0.2) is 65.6 Å². The Hall–Kier alpha value is -3.68. The van der Waals surface area contributed by atoms with Gasteiger partial charge in [-0.3, -0.25) is 9.78 Å². The number of rotatable bonds is 6. The molecule has 1 N–H and O–H groups in total. The summed E-state index contributed by atoms with van der Waals surface area (Å²) in [4.78, 5) is 28.5. The van der Waals surface area contributed by atoms with Gasteiger partial charge in [0.15, 0.2) is 0 Å². The molecule has 0 aliphatic carbocycles. The molecule has 8 heteroatoms. The van der Waals surface area contributed by atoms with Gasteiger partial charge in [-0.15, -0.1) is 0 Å². The number of aromatic nitrogens is 4. The van der Waals surface area contributed by atoms with Gasteiger partial charge in [0.2, 0.25) is 11.9 Å².